The Kier molecular flexibility index (Phi) is 4.87. The molecule has 0 aliphatic carbocycles. The topological polar surface area (TPSA) is 63.1 Å². The lowest BCUT2D eigenvalue weighted by molar-refractivity contribution is 0.102. The van der Waals surface area contributed by atoms with E-state index in [0.717, 1.165) is 30.5 Å². The molecule has 6 nitrogen and oxygen atoms in total. The number of rotatable bonds is 4. The summed E-state index contributed by atoms with van der Waals surface area (Å²) in [6.07, 6.45) is 7.79. The third-order valence-electron chi connectivity index (χ3n) is 5.03. The molecule has 0 unspecified atom stereocenters. The Morgan fingerprint density at radius 1 is 1.07 bits per heavy atom. The maximum atomic E-state index is 12.6. The molecule has 4 rings (SSSR count). The fraction of sp³-hybridized carbons (Fsp3) is 0.286. The quantitative estimate of drug-likeness (QED) is 0.769. The third-order valence-corrected chi connectivity index (χ3v) is 5.03. The summed E-state index contributed by atoms with van der Waals surface area (Å²) in [6.45, 7) is 4.27. The van der Waals surface area contributed by atoms with Gasteiger partial charge in [-0.3, -0.25) is 4.79 Å². The smallest absolute Gasteiger partial charge is 0.256 e. The van der Waals surface area contributed by atoms with Crippen molar-refractivity contribution in [1.82, 2.24) is 14.5 Å². The number of hydrogen-bond acceptors (Lipinski definition) is 4. The van der Waals surface area contributed by atoms with E-state index >= 15 is 0 Å². The lowest BCUT2D eigenvalue weighted by Crippen LogP contribution is -2.33. The van der Waals surface area contributed by atoms with E-state index in [0.29, 0.717) is 11.4 Å². The van der Waals surface area contributed by atoms with E-state index in [1.54, 1.807) is 0 Å². The summed E-state index contributed by atoms with van der Waals surface area (Å²) in [4.78, 5) is 23.4. The van der Waals surface area contributed by atoms with Crippen LogP contribution in [0.25, 0.3) is 5.69 Å². The van der Waals surface area contributed by atoms with Crippen molar-refractivity contribution in [3.63, 3.8) is 0 Å². The molecule has 3 heterocycles. The van der Waals surface area contributed by atoms with Gasteiger partial charge in [0.1, 0.15) is 18.0 Å². The molecular weight excluding hydrogens is 338 g/mol. The Hall–Kier alpha value is -3.15. The molecular formula is C21H23N5O. The summed E-state index contributed by atoms with van der Waals surface area (Å²) >= 11 is 0. The van der Waals surface area contributed by atoms with Crippen LogP contribution >= 0.6 is 0 Å². The largest absolute Gasteiger partial charge is 0.356 e. The molecule has 3 aromatic rings. The van der Waals surface area contributed by atoms with E-state index in [2.05, 4.69) is 27.1 Å². The number of piperidine rings is 1. The molecule has 0 saturated carbocycles. The summed E-state index contributed by atoms with van der Waals surface area (Å²) in [7, 11) is 0. The highest BCUT2D eigenvalue weighted by Crippen LogP contribution is 2.22. The molecule has 6 heteroatoms. The van der Waals surface area contributed by atoms with Crippen molar-refractivity contribution < 1.29 is 4.79 Å². The zero-order valence-corrected chi connectivity index (χ0v) is 15.4. The van der Waals surface area contributed by atoms with E-state index in [4.69, 9.17) is 0 Å². The molecule has 1 fully saturated rings. The van der Waals surface area contributed by atoms with Gasteiger partial charge in [-0.15, -0.1) is 0 Å². The Bertz CT molecular complexity index is 897. The zero-order valence-electron chi connectivity index (χ0n) is 15.4. The van der Waals surface area contributed by atoms with Gasteiger partial charge >= 0.3 is 0 Å². The Balaban J connectivity index is 1.44. The minimum atomic E-state index is -0.175. The van der Waals surface area contributed by atoms with Crippen molar-refractivity contribution in [2.24, 2.45) is 5.92 Å². The molecule has 0 spiro atoms. The second-order valence-corrected chi connectivity index (χ2v) is 7.02. The number of benzene rings is 1. The molecule has 0 bridgehead atoms. The van der Waals surface area contributed by atoms with Gasteiger partial charge in [0.2, 0.25) is 0 Å². The summed E-state index contributed by atoms with van der Waals surface area (Å²) in [5.74, 6) is 1.98. The van der Waals surface area contributed by atoms with Gasteiger partial charge < -0.3 is 14.8 Å². The van der Waals surface area contributed by atoms with Crippen molar-refractivity contribution in [1.29, 1.82) is 0 Å². The number of carbonyl (C=O) groups excluding carboxylic acids is 1. The summed E-state index contributed by atoms with van der Waals surface area (Å²) in [5.41, 5.74) is 1.61. The predicted molar refractivity (Wildman–Crippen MR) is 106 cm³/mol. The van der Waals surface area contributed by atoms with Gasteiger partial charge in [0.05, 0.1) is 0 Å². The number of anilines is 2. The highest BCUT2D eigenvalue weighted by molar-refractivity contribution is 6.03. The zero-order chi connectivity index (χ0) is 18.6. The molecule has 1 aromatic carbocycles. The van der Waals surface area contributed by atoms with Crippen LogP contribution in [0.4, 0.5) is 11.6 Å². The number of aromatic nitrogens is 3. The minimum absolute atomic E-state index is 0.175. The molecule has 2 aromatic heterocycles. The fourth-order valence-electron chi connectivity index (χ4n) is 3.31. The van der Waals surface area contributed by atoms with Crippen LogP contribution in [0.1, 0.15) is 30.1 Å². The Morgan fingerprint density at radius 2 is 1.78 bits per heavy atom. The van der Waals surface area contributed by atoms with Crippen LogP contribution in [-0.2, 0) is 0 Å². The van der Waals surface area contributed by atoms with Gasteiger partial charge in [0, 0.05) is 42.8 Å². The Morgan fingerprint density at radius 3 is 2.48 bits per heavy atom. The van der Waals surface area contributed by atoms with Crippen molar-refractivity contribution in [2.45, 2.75) is 19.8 Å². The molecule has 1 saturated heterocycles. The van der Waals surface area contributed by atoms with Crippen LogP contribution in [0, 0.1) is 5.92 Å². The lowest BCUT2D eigenvalue weighted by Gasteiger charge is -2.31. The van der Waals surface area contributed by atoms with Crippen molar-refractivity contribution >= 4 is 17.5 Å². The number of nitrogens with zero attached hydrogens (tertiary/aromatic N) is 4. The molecule has 1 N–H and O–H groups in total. The maximum absolute atomic E-state index is 12.6. The van der Waals surface area contributed by atoms with Crippen molar-refractivity contribution in [3.8, 4) is 5.69 Å². The van der Waals surface area contributed by atoms with E-state index in [1.165, 1.54) is 19.2 Å². The number of nitrogens with one attached hydrogen (secondary N) is 1. The van der Waals surface area contributed by atoms with Crippen LogP contribution in [0.3, 0.4) is 0 Å². The molecule has 138 valence electrons. The van der Waals surface area contributed by atoms with Gasteiger partial charge in [-0.2, -0.15) is 0 Å². The molecule has 27 heavy (non-hydrogen) atoms. The summed E-state index contributed by atoms with van der Waals surface area (Å²) < 4.78 is 2.00. The van der Waals surface area contributed by atoms with Gasteiger partial charge in [-0.05, 0) is 55.2 Å². The minimum Gasteiger partial charge on any atom is -0.356 e. The third kappa shape index (κ3) is 4.00. The van der Waals surface area contributed by atoms with Gasteiger partial charge in [0.25, 0.3) is 5.91 Å². The average molecular weight is 361 g/mol. The van der Waals surface area contributed by atoms with Crippen molar-refractivity contribution in [3.05, 3.63) is 66.7 Å². The summed E-state index contributed by atoms with van der Waals surface area (Å²) in [6, 6.07) is 13.3. The second kappa shape index (κ2) is 7.61. The molecule has 0 atom stereocenters. The van der Waals surface area contributed by atoms with Crippen molar-refractivity contribution in [2.75, 3.05) is 23.3 Å². The van der Waals surface area contributed by atoms with Crippen LogP contribution in [-0.4, -0.2) is 33.5 Å². The van der Waals surface area contributed by atoms with Crippen LogP contribution in [0.5, 0.6) is 0 Å². The van der Waals surface area contributed by atoms with Crippen LogP contribution in [0.15, 0.2) is 61.2 Å². The molecule has 0 radical (unpaired) electrons. The van der Waals surface area contributed by atoms with E-state index in [-0.39, 0.29) is 5.91 Å². The highest BCUT2D eigenvalue weighted by Gasteiger charge is 2.17. The second-order valence-electron chi connectivity index (χ2n) is 7.02. The van der Waals surface area contributed by atoms with Crippen LogP contribution < -0.4 is 10.2 Å². The van der Waals surface area contributed by atoms with Gasteiger partial charge in [-0.1, -0.05) is 6.92 Å². The number of carbonyl (C=O) groups is 1. The van der Waals surface area contributed by atoms with E-state index in [9.17, 15) is 4.79 Å². The fourth-order valence-corrected chi connectivity index (χ4v) is 3.31. The molecule has 1 aliphatic rings. The van der Waals surface area contributed by atoms with Crippen LogP contribution in [0.2, 0.25) is 0 Å². The first-order valence-electron chi connectivity index (χ1n) is 9.31. The van der Waals surface area contributed by atoms with Gasteiger partial charge in [0.15, 0.2) is 0 Å². The van der Waals surface area contributed by atoms with E-state index in [1.807, 2.05) is 59.4 Å². The SMILES string of the molecule is CC1CCN(c2cc(NC(=O)c3ccc(-n4cccc4)cc3)ncn2)CC1. The average Bonchev–Trinajstić information content (AvgIpc) is 3.24. The first kappa shape index (κ1) is 17.3. The monoisotopic (exact) mass is 361 g/mol. The molecule has 1 amide bonds. The van der Waals surface area contributed by atoms with Gasteiger partial charge in [-0.25, -0.2) is 9.97 Å². The molecule has 1 aliphatic heterocycles. The predicted octanol–water partition coefficient (Wildman–Crippen LogP) is 3.76. The number of amides is 1. The normalized spacial score (nSPS) is 14.9. The summed E-state index contributed by atoms with van der Waals surface area (Å²) in [5, 5.41) is 2.88. The maximum Gasteiger partial charge on any atom is 0.256 e. The van der Waals surface area contributed by atoms with E-state index < -0.39 is 0 Å². The lowest BCUT2D eigenvalue weighted by atomic mass is 9.99. The first-order chi connectivity index (χ1) is 13.2. The Labute approximate surface area is 158 Å². The standard InChI is InChI=1S/C21H23N5O/c1-16-8-12-26(13-9-16)20-14-19(22-15-23-20)24-21(27)17-4-6-18(7-5-17)25-10-2-3-11-25/h2-7,10-11,14-16H,8-9,12-13H2,1H3,(H,22,23,24,27). The highest BCUT2D eigenvalue weighted by atomic mass is 16.1. The first-order valence-corrected chi connectivity index (χ1v) is 9.31. The number of hydrogen-bond donors (Lipinski definition) is 1.